The Balaban J connectivity index is 2.08. The predicted octanol–water partition coefficient (Wildman–Crippen LogP) is 3.10. The maximum atomic E-state index is 12.4. The van der Waals surface area contributed by atoms with Crippen molar-refractivity contribution in [3.8, 4) is 0 Å². The normalized spacial score (nSPS) is 12.3. The number of esters is 1. The Hall–Kier alpha value is -2.67. The molecule has 0 aromatic heterocycles. The number of benzene rings is 2. The standard InChI is InChI=1S/C19H21NO5S/c1-12-5-10-17(13(2)11-12)19(22)25-14(3)18(21)15-6-8-16(9-7-15)20-26(4,23)24/h5-11,14,20H,1-4H3/t14-/m1/s1. The van der Waals surface area contributed by atoms with Crippen molar-refractivity contribution in [2.24, 2.45) is 0 Å². The summed E-state index contributed by atoms with van der Waals surface area (Å²) in [7, 11) is -3.38. The van der Waals surface area contributed by atoms with Crippen LogP contribution in [0.4, 0.5) is 5.69 Å². The van der Waals surface area contributed by atoms with E-state index in [0.29, 0.717) is 16.8 Å². The van der Waals surface area contributed by atoms with Crippen molar-refractivity contribution in [3.63, 3.8) is 0 Å². The van der Waals surface area contributed by atoms with Gasteiger partial charge in [0.2, 0.25) is 15.8 Å². The number of sulfonamides is 1. The number of hydrogen-bond acceptors (Lipinski definition) is 5. The van der Waals surface area contributed by atoms with Gasteiger partial charge in [-0.05, 0) is 56.7 Å². The first-order valence-electron chi connectivity index (χ1n) is 7.97. The van der Waals surface area contributed by atoms with Crippen LogP contribution in [0.15, 0.2) is 42.5 Å². The van der Waals surface area contributed by atoms with Gasteiger partial charge in [0.25, 0.3) is 0 Å². The predicted molar refractivity (Wildman–Crippen MR) is 100 cm³/mol. The molecule has 26 heavy (non-hydrogen) atoms. The Morgan fingerprint density at radius 2 is 1.65 bits per heavy atom. The molecule has 6 nitrogen and oxygen atoms in total. The summed E-state index contributed by atoms with van der Waals surface area (Å²) in [5, 5.41) is 0. The molecule has 138 valence electrons. The van der Waals surface area contributed by atoms with E-state index in [1.165, 1.54) is 31.2 Å². The van der Waals surface area contributed by atoms with Gasteiger partial charge in [0, 0.05) is 11.3 Å². The number of anilines is 1. The zero-order valence-corrected chi connectivity index (χ0v) is 15.9. The number of hydrogen-bond donors (Lipinski definition) is 1. The minimum atomic E-state index is -3.38. The number of ether oxygens (including phenoxy) is 1. The van der Waals surface area contributed by atoms with Gasteiger partial charge in [0.1, 0.15) is 0 Å². The molecule has 0 fully saturated rings. The minimum absolute atomic E-state index is 0.324. The maximum absolute atomic E-state index is 12.4. The van der Waals surface area contributed by atoms with Crippen LogP contribution < -0.4 is 4.72 Å². The molecule has 7 heteroatoms. The van der Waals surface area contributed by atoms with Gasteiger partial charge in [-0.15, -0.1) is 0 Å². The third-order valence-electron chi connectivity index (χ3n) is 3.73. The number of Topliss-reactive ketones (excluding diaryl/α,β-unsaturated/α-hetero) is 1. The Labute approximate surface area is 153 Å². The summed E-state index contributed by atoms with van der Waals surface area (Å²) in [6.45, 7) is 5.24. The quantitative estimate of drug-likeness (QED) is 0.619. The highest BCUT2D eigenvalue weighted by Gasteiger charge is 2.21. The van der Waals surface area contributed by atoms with Crippen molar-refractivity contribution < 1.29 is 22.7 Å². The van der Waals surface area contributed by atoms with Crippen LogP contribution in [0, 0.1) is 13.8 Å². The van der Waals surface area contributed by atoms with Crippen LogP contribution in [0.5, 0.6) is 0 Å². The summed E-state index contributed by atoms with van der Waals surface area (Å²) >= 11 is 0. The van der Waals surface area contributed by atoms with Gasteiger partial charge in [-0.25, -0.2) is 13.2 Å². The fraction of sp³-hybridized carbons (Fsp3) is 0.263. The van der Waals surface area contributed by atoms with Crippen LogP contribution >= 0.6 is 0 Å². The van der Waals surface area contributed by atoms with E-state index < -0.39 is 22.1 Å². The summed E-state index contributed by atoms with van der Waals surface area (Å²) in [6, 6.07) is 11.3. The summed E-state index contributed by atoms with van der Waals surface area (Å²) in [6.07, 6.45) is 0.0811. The Bertz CT molecular complexity index is 933. The van der Waals surface area contributed by atoms with Crippen molar-refractivity contribution in [3.05, 3.63) is 64.7 Å². The monoisotopic (exact) mass is 375 g/mol. The van der Waals surface area contributed by atoms with E-state index in [-0.39, 0.29) is 5.78 Å². The fourth-order valence-electron chi connectivity index (χ4n) is 2.47. The third-order valence-corrected chi connectivity index (χ3v) is 4.33. The minimum Gasteiger partial charge on any atom is -0.451 e. The smallest absolute Gasteiger partial charge is 0.339 e. The molecule has 0 unspecified atom stereocenters. The summed E-state index contributed by atoms with van der Waals surface area (Å²) in [5.74, 6) is -0.923. The molecule has 0 amide bonds. The molecule has 0 heterocycles. The van der Waals surface area contributed by atoms with Crippen LogP contribution in [-0.2, 0) is 14.8 Å². The number of carbonyl (C=O) groups excluding carboxylic acids is 2. The highest BCUT2D eigenvalue weighted by atomic mass is 32.2. The zero-order chi connectivity index (χ0) is 19.5. The molecule has 0 aliphatic heterocycles. The number of ketones is 1. The van der Waals surface area contributed by atoms with Crippen LogP contribution in [0.3, 0.4) is 0 Å². The number of rotatable bonds is 6. The SMILES string of the molecule is Cc1ccc(C(=O)O[C@H](C)C(=O)c2ccc(NS(C)(=O)=O)cc2)c(C)c1. The van der Waals surface area contributed by atoms with E-state index in [0.717, 1.165) is 17.4 Å². The molecule has 2 aromatic rings. The average molecular weight is 375 g/mol. The van der Waals surface area contributed by atoms with Gasteiger partial charge in [-0.2, -0.15) is 0 Å². The first-order valence-corrected chi connectivity index (χ1v) is 9.86. The maximum Gasteiger partial charge on any atom is 0.339 e. The van der Waals surface area contributed by atoms with E-state index in [1.54, 1.807) is 6.07 Å². The Morgan fingerprint density at radius 3 is 2.19 bits per heavy atom. The molecule has 2 rings (SSSR count). The number of aryl methyl sites for hydroxylation is 2. The number of carbonyl (C=O) groups is 2. The molecule has 0 saturated carbocycles. The molecule has 0 radical (unpaired) electrons. The summed E-state index contributed by atoms with van der Waals surface area (Å²) < 4.78 is 30.0. The van der Waals surface area contributed by atoms with Crippen molar-refractivity contribution in [2.45, 2.75) is 26.9 Å². The molecule has 0 aliphatic carbocycles. The number of nitrogens with one attached hydrogen (secondary N) is 1. The molecular formula is C19H21NO5S. The van der Waals surface area contributed by atoms with Crippen LogP contribution in [0.1, 0.15) is 38.8 Å². The van der Waals surface area contributed by atoms with Crippen molar-refractivity contribution in [1.82, 2.24) is 0 Å². The lowest BCUT2D eigenvalue weighted by Crippen LogP contribution is -2.24. The van der Waals surface area contributed by atoms with Gasteiger partial charge >= 0.3 is 5.97 Å². The molecule has 0 saturated heterocycles. The van der Waals surface area contributed by atoms with Crippen molar-refractivity contribution in [2.75, 3.05) is 11.0 Å². The molecular weight excluding hydrogens is 354 g/mol. The van der Waals surface area contributed by atoms with Gasteiger partial charge in [-0.1, -0.05) is 17.7 Å². The lowest BCUT2D eigenvalue weighted by molar-refractivity contribution is 0.0318. The molecule has 2 aromatic carbocycles. The molecule has 0 bridgehead atoms. The Morgan fingerprint density at radius 1 is 1.04 bits per heavy atom. The zero-order valence-electron chi connectivity index (χ0n) is 15.1. The van der Waals surface area contributed by atoms with Crippen molar-refractivity contribution in [1.29, 1.82) is 0 Å². The van der Waals surface area contributed by atoms with E-state index in [4.69, 9.17) is 4.74 Å². The van der Waals surface area contributed by atoms with Crippen LogP contribution in [-0.4, -0.2) is 32.5 Å². The molecule has 0 spiro atoms. The third kappa shape index (κ3) is 5.16. The summed E-state index contributed by atoms with van der Waals surface area (Å²) in [5.41, 5.74) is 2.91. The van der Waals surface area contributed by atoms with Gasteiger partial charge in [0.05, 0.1) is 11.8 Å². The first kappa shape index (κ1) is 19.7. The van der Waals surface area contributed by atoms with E-state index in [2.05, 4.69) is 4.72 Å². The van der Waals surface area contributed by atoms with E-state index in [1.807, 2.05) is 26.0 Å². The average Bonchev–Trinajstić information content (AvgIpc) is 2.53. The second-order valence-corrected chi connectivity index (χ2v) is 7.93. The second kappa shape index (κ2) is 7.70. The topological polar surface area (TPSA) is 89.5 Å². The lowest BCUT2D eigenvalue weighted by atomic mass is 10.1. The highest BCUT2D eigenvalue weighted by Crippen LogP contribution is 2.16. The molecule has 1 atom stereocenters. The second-order valence-electron chi connectivity index (χ2n) is 6.18. The van der Waals surface area contributed by atoms with Crippen LogP contribution in [0.2, 0.25) is 0 Å². The molecule has 0 aliphatic rings. The Kier molecular flexibility index (Phi) is 5.82. The van der Waals surface area contributed by atoms with Gasteiger partial charge in [0.15, 0.2) is 6.10 Å². The fourth-order valence-corrected chi connectivity index (χ4v) is 3.04. The summed E-state index contributed by atoms with van der Waals surface area (Å²) in [4.78, 5) is 24.7. The lowest BCUT2D eigenvalue weighted by Gasteiger charge is -2.14. The van der Waals surface area contributed by atoms with Gasteiger partial charge in [-0.3, -0.25) is 9.52 Å². The highest BCUT2D eigenvalue weighted by molar-refractivity contribution is 7.92. The molecule has 1 N–H and O–H groups in total. The van der Waals surface area contributed by atoms with Crippen molar-refractivity contribution >= 4 is 27.5 Å². The van der Waals surface area contributed by atoms with E-state index in [9.17, 15) is 18.0 Å². The largest absolute Gasteiger partial charge is 0.451 e. The first-order chi connectivity index (χ1) is 12.1. The van der Waals surface area contributed by atoms with E-state index >= 15 is 0 Å². The van der Waals surface area contributed by atoms with Crippen LogP contribution in [0.25, 0.3) is 0 Å². The van der Waals surface area contributed by atoms with Gasteiger partial charge < -0.3 is 4.74 Å².